The van der Waals surface area contributed by atoms with E-state index in [4.69, 9.17) is 16.3 Å². The number of carbonyl (C=O) groups is 1. The summed E-state index contributed by atoms with van der Waals surface area (Å²) >= 11 is 6.51. The van der Waals surface area contributed by atoms with Crippen molar-refractivity contribution in [3.8, 4) is 5.75 Å². The second kappa shape index (κ2) is 10.9. The molecule has 14 heteroatoms. The van der Waals surface area contributed by atoms with Crippen molar-refractivity contribution in [1.82, 2.24) is 25.2 Å². The lowest BCUT2D eigenvalue weighted by molar-refractivity contribution is -0.137. The molecule has 5 rings (SSSR count). The van der Waals surface area contributed by atoms with Gasteiger partial charge in [-0.15, -0.1) is 5.12 Å². The number of methoxy groups -OCH3 is 1. The standard InChI is InChI=1S/C27H29ClF3N7O3/c1-15-20(10-32-35(15)2)23-14-38(36(3)34-23)24-8-16(5-6-21(24)28)26(40)33-22-9-18(27(29,30)31)7-17(25(22)41-4)11-37-12-19(39)13-37/h5-10,14,19,34,39H,11-13H2,1-4H3,(H,33,40). The second-order valence-electron chi connectivity index (χ2n) is 9.97. The van der Waals surface area contributed by atoms with Crippen LogP contribution in [0.3, 0.4) is 0 Å². The SMILES string of the molecule is COc1c(CN2CC(O)C2)cc(C(F)(F)F)cc1NC(=O)c1ccc(Cl)c(N2C=C(c3cnn(C)c3C)NN2C)c1. The predicted molar refractivity (Wildman–Crippen MR) is 148 cm³/mol. The Morgan fingerprint density at radius 1 is 1.24 bits per heavy atom. The smallest absolute Gasteiger partial charge is 0.416 e. The lowest BCUT2D eigenvalue weighted by Gasteiger charge is -2.36. The van der Waals surface area contributed by atoms with Crippen molar-refractivity contribution < 1.29 is 27.8 Å². The van der Waals surface area contributed by atoms with Crippen LogP contribution in [0, 0.1) is 6.92 Å². The highest BCUT2D eigenvalue weighted by molar-refractivity contribution is 6.33. The average Bonchev–Trinajstić information content (AvgIpc) is 3.43. The molecule has 3 aromatic rings. The van der Waals surface area contributed by atoms with Crippen LogP contribution < -0.4 is 20.5 Å². The third-order valence-corrected chi connectivity index (χ3v) is 7.43. The van der Waals surface area contributed by atoms with Gasteiger partial charge in [0.15, 0.2) is 0 Å². The molecule has 3 N–H and O–H groups in total. The quantitative estimate of drug-likeness (QED) is 0.379. The minimum Gasteiger partial charge on any atom is -0.494 e. The fourth-order valence-electron chi connectivity index (χ4n) is 4.83. The maximum Gasteiger partial charge on any atom is 0.416 e. The van der Waals surface area contributed by atoms with Crippen LogP contribution in [0.25, 0.3) is 5.70 Å². The van der Waals surface area contributed by atoms with Gasteiger partial charge in [-0.3, -0.25) is 24.8 Å². The van der Waals surface area contributed by atoms with Crippen molar-refractivity contribution in [3.05, 3.63) is 75.7 Å². The molecule has 3 heterocycles. The van der Waals surface area contributed by atoms with Gasteiger partial charge in [0, 0.05) is 62.3 Å². The number of ether oxygens (including phenoxy) is 1. The Labute approximate surface area is 239 Å². The van der Waals surface area contributed by atoms with Gasteiger partial charge in [0.1, 0.15) is 5.75 Å². The number of β-amino-alcohol motifs (C(OH)–C–C–N with tert-alkyl or cyclic N) is 1. The van der Waals surface area contributed by atoms with Gasteiger partial charge in [-0.25, -0.2) is 0 Å². The molecule has 1 aromatic heterocycles. The normalized spacial score (nSPS) is 16.4. The van der Waals surface area contributed by atoms with Crippen LogP contribution in [0.2, 0.25) is 5.02 Å². The molecule has 0 aliphatic carbocycles. The third kappa shape index (κ3) is 5.71. The summed E-state index contributed by atoms with van der Waals surface area (Å²) in [6.07, 6.45) is -1.62. The van der Waals surface area contributed by atoms with Gasteiger partial charge in [0.05, 0.1) is 47.1 Å². The Morgan fingerprint density at radius 2 is 1.98 bits per heavy atom. The molecular weight excluding hydrogens is 563 g/mol. The highest BCUT2D eigenvalue weighted by Gasteiger charge is 2.34. The first-order valence-corrected chi connectivity index (χ1v) is 13.0. The largest absolute Gasteiger partial charge is 0.494 e. The number of anilines is 2. The average molecular weight is 592 g/mol. The number of likely N-dealkylation sites (tertiary alicyclic amines) is 1. The molecule has 0 atom stereocenters. The zero-order valence-electron chi connectivity index (χ0n) is 22.8. The molecule has 10 nitrogen and oxygen atoms in total. The van der Waals surface area contributed by atoms with Crippen LogP contribution >= 0.6 is 11.6 Å². The molecule has 0 saturated carbocycles. The molecule has 1 amide bonds. The van der Waals surface area contributed by atoms with E-state index in [1.807, 2.05) is 20.2 Å². The Hall–Kier alpha value is -3.78. The van der Waals surface area contributed by atoms with Gasteiger partial charge in [0.2, 0.25) is 0 Å². The number of hydrazine groups is 2. The zero-order valence-corrected chi connectivity index (χ0v) is 23.5. The molecule has 41 heavy (non-hydrogen) atoms. The first-order valence-electron chi connectivity index (χ1n) is 12.7. The fourth-order valence-corrected chi connectivity index (χ4v) is 5.03. The van der Waals surface area contributed by atoms with Crippen LogP contribution in [0.15, 0.2) is 42.7 Å². The van der Waals surface area contributed by atoms with Crippen LogP contribution in [0.1, 0.15) is 32.7 Å². The monoisotopic (exact) mass is 591 g/mol. The molecular formula is C27H29ClF3N7O3. The van der Waals surface area contributed by atoms with Crippen molar-refractivity contribution >= 4 is 34.6 Å². The minimum atomic E-state index is -4.65. The number of hydrogen-bond acceptors (Lipinski definition) is 8. The van der Waals surface area contributed by atoms with Crippen LogP contribution in [-0.4, -0.2) is 64.2 Å². The molecule has 1 fully saturated rings. The summed E-state index contributed by atoms with van der Waals surface area (Å²) in [5.41, 5.74) is 5.66. The van der Waals surface area contributed by atoms with Gasteiger partial charge in [-0.1, -0.05) is 11.6 Å². The second-order valence-corrected chi connectivity index (χ2v) is 10.4. The molecule has 0 bridgehead atoms. The Kier molecular flexibility index (Phi) is 7.64. The maximum atomic E-state index is 13.8. The number of hydrogen-bond donors (Lipinski definition) is 3. The number of aliphatic hydroxyl groups excluding tert-OH is 1. The van der Waals surface area contributed by atoms with Crippen molar-refractivity contribution in [2.24, 2.45) is 7.05 Å². The summed E-state index contributed by atoms with van der Waals surface area (Å²) in [6.45, 7) is 2.74. The van der Waals surface area contributed by atoms with Crippen molar-refractivity contribution in [2.75, 3.05) is 37.6 Å². The molecule has 2 aromatic carbocycles. The first-order chi connectivity index (χ1) is 19.3. The van der Waals surface area contributed by atoms with E-state index in [0.717, 1.165) is 29.1 Å². The van der Waals surface area contributed by atoms with E-state index in [9.17, 15) is 23.1 Å². The van der Waals surface area contributed by atoms with Gasteiger partial charge < -0.3 is 15.2 Å². The number of aryl methyl sites for hydroxylation is 1. The summed E-state index contributed by atoms with van der Waals surface area (Å²) in [6, 6.07) is 6.44. The van der Waals surface area contributed by atoms with E-state index in [1.165, 1.54) is 13.2 Å². The van der Waals surface area contributed by atoms with E-state index in [-0.39, 0.29) is 29.1 Å². The zero-order chi connectivity index (χ0) is 29.6. The fraction of sp³-hybridized carbons (Fsp3) is 0.333. The number of aliphatic hydroxyl groups is 1. The minimum absolute atomic E-state index is 0.116. The summed E-state index contributed by atoms with van der Waals surface area (Å²) in [4.78, 5) is 15.2. The van der Waals surface area contributed by atoms with E-state index in [0.29, 0.717) is 23.8 Å². The number of alkyl halides is 3. The van der Waals surface area contributed by atoms with Crippen LogP contribution in [-0.2, 0) is 19.8 Å². The summed E-state index contributed by atoms with van der Waals surface area (Å²) < 4.78 is 48.5. The number of benzene rings is 2. The predicted octanol–water partition coefficient (Wildman–Crippen LogP) is 4.01. The summed E-state index contributed by atoms with van der Waals surface area (Å²) in [7, 11) is 4.94. The number of nitrogens with zero attached hydrogens (tertiary/aromatic N) is 5. The van der Waals surface area contributed by atoms with Crippen LogP contribution in [0.5, 0.6) is 5.75 Å². The molecule has 0 spiro atoms. The first kappa shape index (κ1) is 28.7. The molecule has 218 valence electrons. The topological polar surface area (TPSA) is 98.1 Å². The highest BCUT2D eigenvalue weighted by Crippen LogP contribution is 2.39. The number of carbonyl (C=O) groups excluding carboxylic acids is 1. The molecule has 2 aliphatic rings. The van der Waals surface area contributed by atoms with Crippen LogP contribution in [0.4, 0.5) is 24.5 Å². The molecule has 2 aliphatic heterocycles. The highest BCUT2D eigenvalue weighted by atomic mass is 35.5. The number of aromatic nitrogens is 2. The van der Waals surface area contributed by atoms with E-state index < -0.39 is 23.8 Å². The Balaban J connectivity index is 1.45. The number of rotatable bonds is 7. The molecule has 0 unspecified atom stereocenters. The summed E-state index contributed by atoms with van der Waals surface area (Å²) in [5, 5.41) is 20.2. The van der Waals surface area contributed by atoms with Crippen molar-refractivity contribution in [1.29, 1.82) is 0 Å². The van der Waals surface area contributed by atoms with E-state index in [2.05, 4.69) is 15.8 Å². The van der Waals surface area contributed by atoms with Gasteiger partial charge in [-0.05, 0) is 37.3 Å². The molecule has 0 radical (unpaired) electrons. The van der Waals surface area contributed by atoms with Crippen molar-refractivity contribution in [3.63, 3.8) is 0 Å². The van der Waals surface area contributed by atoms with E-state index in [1.54, 1.807) is 45.1 Å². The summed E-state index contributed by atoms with van der Waals surface area (Å²) in [5.74, 6) is -0.530. The number of halogens is 4. The van der Waals surface area contributed by atoms with Gasteiger partial charge >= 0.3 is 6.18 Å². The lowest BCUT2D eigenvalue weighted by atomic mass is 10.0. The number of amides is 1. The van der Waals surface area contributed by atoms with Crippen molar-refractivity contribution in [2.45, 2.75) is 25.7 Å². The third-order valence-electron chi connectivity index (χ3n) is 7.11. The molecule has 1 saturated heterocycles. The Bertz CT molecular complexity index is 1520. The Morgan fingerprint density at radius 3 is 2.59 bits per heavy atom. The van der Waals surface area contributed by atoms with Gasteiger partial charge in [0.25, 0.3) is 5.91 Å². The number of nitrogens with one attached hydrogen (secondary N) is 2. The van der Waals surface area contributed by atoms with E-state index >= 15 is 0 Å². The maximum absolute atomic E-state index is 13.8. The lowest BCUT2D eigenvalue weighted by Crippen LogP contribution is -2.49. The van der Waals surface area contributed by atoms with Gasteiger partial charge in [-0.2, -0.15) is 18.3 Å².